The van der Waals surface area contributed by atoms with Crippen LogP contribution in [0.3, 0.4) is 0 Å². The lowest BCUT2D eigenvalue weighted by Gasteiger charge is -2.22. The number of esters is 1. The van der Waals surface area contributed by atoms with Crippen LogP contribution in [0.15, 0.2) is 48.5 Å². The van der Waals surface area contributed by atoms with Crippen LogP contribution in [-0.2, 0) is 24.7 Å². The summed E-state index contributed by atoms with van der Waals surface area (Å²) in [6, 6.07) is 13.7. The number of amides is 4. The highest BCUT2D eigenvalue weighted by Crippen LogP contribution is 2.28. The number of rotatable bonds is 6. The van der Waals surface area contributed by atoms with Gasteiger partial charge >= 0.3 is 12.0 Å². The van der Waals surface area contributed by atoms with Gasteiger partial charge in [-0.05, 0) is 38.0 Å². The van der Waals surface area contributed by atoms with Gasteiger partial charge in [0.05, 0.1) is 0 Å². The molecule has 1 saturated heterocycles. The predicted octanol–water partition coefficient (Wildman–Crippen LogP) is 2.25. The van der Waals surface area contributed by atoms with Gasteiger partial charge < -0.3 is 15.4 Å². The number of hydrogen-bond acceptors (Lipinski definition) is 5. The Bertz CT molecular complexity index is 1000. The molecule has 30 heavy (non-hydrogen) atoms. The van der Waals surface area contributed by atoms with Crippen LogP contribution in [-0.4, -0.2) is 41.9 Å². The third-order valence-electron chi connectivity index (χ3n) is 4.97. The molecule has 1 atom stereocenters. The SMILES string of the molecule is Cc1ccc([C@@]2(C)NC(=O)N(CC(=O)OCC(=O)Nc3ccccc3C)C2=O)cc1. The zero-order valence-corrected chi connectivity index (χ0v) is 17.0. The van der Waals surface area contributed by atoms with Crippen LogP contribution in [0.25, 0.3) is 0 Å². The molecule has 2 aromatic carbocycles. The van der Waals surface area contributed by atoms with Gasteiger partial charge in [-0.1, -0.05) is 48.0 Å². The first-order valence-corrected chi connectivity index (χ1v) is 9.43. The number of imide groups is 1. The highest BCUT2D eigenvalue weighted by atomic mass is 16.5. The topological polar surface area (TPSA) is 105 Å². The van der Waals surface area contributed by atoms with Crippen molar-refractivity contribution in [2.75, 3.05) is 18.5 Å². The van der Waals surface area contributed by atoms with Crippen LogP contribution in [0.2, 0.25) is 0 Å². The van der Waals surface area contributed by atoms with E-state index in [0.717, 1.165) is 16.0 Å². The standard InChI is InChI=1S/C22H23N3O5/c1-14-8-10-16(11-9-14)22(3)20(28)25(21(29)24-22)12-19(27)30-13-18(26)23-17-7-5-4-6-15(17)2/h4-11H,12-13H2,1-3H3,(H,23,26)(H,24,29)/t22-/m1/s1. The van der Waals surface area contributed by atoms with Crippen molar-refractivity contribution in [2.24, 2.45) is 0 Å². The fourth-order valence-corrected chi connectivity index (χ4v) is 3.14. The van der Waals surface area contributed by atoms with Crippen LogP contribution in [0.1, 0.15) is 23.6 Å². The van der Waals surface area contributed by atoms with Gasteiger partial charge in [-0.2, -0.15) is 0 Å². The summed E-state index contributed by atoms with van der Waals surface area (Å²) in [6.45, 7) is 4.23. The minimum absolute atomic E-state index is 0.514. The molecule has 0 spiro atoms. The molecule has 1 fully saturated rings. The van der Waals surface area contributed by atoms with Crippen LogP contribution in [0.5, 0.6) is 0 Å². The molecule has 156 valence electrons. The van der Waals surface area contributed by atoms with E-state index in [0.29, 0.717) is 11.3 Å². The Morgan fingerprint density at radius 1 is 1.07 bits per heavy atom. The minimum atomic E-state index is -1.27. The molecular formula is C22H23N3O5. The van der Waals surface area contributed by atoms with E-state index in [4.69, 9.17) is 4.74 Å². The second-order valence-corrected chi connectivity index (χ2v) is 7.34. The number of para-hydroxylation sites is 1. The van der Waals surface area contributed by atoms with E-state index >= 15 is 0 Å². The van der Waals surface area contributed by atoms with Gasteiger partial charge in [0.2, 0.25) is 0 Å². The maximum atomic E-state index is 12.8. The van der Waals surface area contributed by atoms with Crippen molar-refractivity contribution < 1.29 is 23.9 Å². The van der Waals surface area contributed by atoms with Gasteiger partial charge in [0.25, 0.3) is 11.8 Å². The predicted molar refractivity (Wildman–Crippen MR) is 110 cm³/mol. The molecule has 1 aliphatic rings. The molecule has 0 radical (unpaired) electrons. The Morgan fingerprint density at radius 3 is 2.40 bits per heavy atom. The molecule has 0 unspecified atom stereocenters. The number of aryl methyl sites for hydroxylation is 2. The molecule has 0 aromatic heterocycles. The van der Waals surface area contributed by atoms with Gasteiger partial charge in [-0.15, -0.1) is 0 Å². The Hall–Kier alpha value is -3.68. The number of ether oxygens (including phenoxy) is 1. The van der Waals surface area contributed by atoms with Gasteiger partial charge in [0, 0.05) is 5.69 Å². The van der Waals surface area contributed by atoms with Gasteiger partial charge in [0.15, 0.2) is 6.61 Å². The molecule has 2 aromatic rings. The first-order chi connectivity index (χ1) is 14.2. The summed E-state index contributed by atoms with van der Waals surface area (Å²) >= 11 is 0. The average Bonchev–Trinajstić information content (AvgIpc) is 2.92. The Kier molecular flexibility index (Phi) is 5.86. The number of benzene rings is 2. The lowest BCUT2D eigenvalue weighted by Crippen LogP contribution is -2.41. The van der Waals surface area contributed by atoms with E-state index in [1.807, 2.05) is 38.1 Å². The zero-order valence-electron chi connectivity index (χ0n) is 17.0. The lowest BCUT2D eigenvalue weighted by molar-refractivity contribution is -0.150. The van der Waals surface area contributed by atoms with E-state index in [1.165, 1.54) is 0 Å². The molecule has 1 aliphatic heterocycles. The van der Waals surface area contributed by atoms with Crippen LogP contribution < -0.4 is 10.6 Å². The molecule has 8 heteroatoms. The fraction of sp³-hybridized carbons (Fsp3) is 0.273. The second-order valence-electron chi connectivity index (χ2n) is 7.34. The number of nitrogens with zero attached hydrogens (tertiary/aromatic N) is 1. The summed E-state index contributed by atoms with van der Waals surface area (Å²) in [5, 5.41) is 5.27. The van der Waals surface area contributed by atoms with Crippen LogP contribution in [0.4, 0.5) is 10.5 Å². The molecular weight excluding hydrogens is 386 g/mol. The second kappa shape index (κ2) is 8.36. The number of urea groups is 1. The molecule has 0 saturated carbocycles. The zero-order chi connectivity index (χ0) is 21.9. The fourth-order valence-electron chi connectivity index (χ4n) is 3.14. The monoisotopic (exact) mass is 409 g/mol. The third kappa shape index (κ3) is 4.32. The molecule has 4 amide bonds. The summed E-state index contributed by atoms with van der Waals surface area (Å²) < 4.78 is 4.94. The Balaban J connectivity index is 1.58. The Labute approximate surface area is 174 Å². The average molecular weight is 409 g/mol. The molecule has 8 nitrogen and oxygen atoms in total. The maximum absolute atomic E-state index is 12.8. The minimum Gasteiger partial charge on any atom is -0.454 e. The van der Waals surface area contributed by atoms with Gasteiger partial charge in [-0.3, -0.25) is 19.3 Å². The lowest BCUT2D eigenvalue weighted by atomic mass is 9.91. The van der Waals surface area contributed by atoms with Crippen molar-refractivity contribution in [2.45, 2.75) is 26.3 Å². The van der Waals surface area contributed by atoms with Crippen molar-refractivity contribution >= 4 is 29.5 Å². The van der Waals surface area contributed by atoms with E-state index in [2.05, 4.69) is 10.6 Å². The smallest absolute Gasteiger partial charge is 0.326 e. The molecule has 3 rings (SSSR count). The normalized spacial score (nSPS) is 18.2. The number of carbonyl (C=O) groups excluding carboxylic acids is 4. The van der Waals surface area contributed by atoms with Crippen molar-refractivity contribution in [3.63, 3.8) is 0 Å². The van der Waals surface area contributed by atoms with E-state index < -0.39 is 42.5 Å². The Morgan fingerprint density at radius 2 is 1.73 bits per heavy atom. The number of hydrogen-bond donors (Lipinski definition) is 2. The van der Waals surface area contributed by atoms with Crippen molar-refractivity contribution in [3.05, 3.63) is 65.2 Å². The highest BCUT2D eigenvalue weighted by molar-refractivity contribution is 6.09. The molecule has 2 N–H and O–H groups in total. The number of anilines is 1. The molecule has 0 aliphatic carbocycles. The first kappa shape index (κ1) is 21.0. The van der Waals surface area contributed by atoms with Crippen LogP contribution >= 0.6 is 0 Å². The van der Waals surface area contributed by atoms with Crippen molar-refractivity contribution in [1.29, 1.82) is 0 Å². The highest BCUT2D eigenvalue weighted by Gasteiger charge is 2.49. The summed E-state index contributed by atoms with van der Waals surface area (Å²) in [5.74, 6) is -1.93. The summed E-state index contributed by atoms with van der Waals surface area (Å²) in [6.07, 6.45) is 0. The molecule has 0 bridgehead atoms. The third-order valence-corrected chi connectivity index (χ3v) is 4.97. The summed E-state index contributed by atoms with van der Waals surface area (Å²) in [5.41, 5.74) is 1.84. The largest absolute Gasteiger partial charge is 0.454 e. The maximum Gasteiger partial charge on any atom is 0.326 e. The van der Waals surface area contributed by atoms with Crippen molar-refractivity contribution in [3.8, 4) is 0 Å². The van der Waals surface area contributed by atoms with Gasteiger partial charge in [-0.25, -0.2) is 4.79 Å². The molecule has 1 heterocycles. The quantitative estimate of drug-likeness (QED) is 0.562. The van der Waals surface area contributed by atoms with E-state index in [-0.39, 0.29) is 0 Å². The van der Waals surface area contributed by atoms with E-state index in [9.17, 15) is 19.2 Å². The van der Waals surface area contributed by atoms with E-state index in [1.54, 1.807) is 31.2 Å². The summed E-state index contributed by atoms with van der Waals surface area (Å²) in [7, 11) is 0. The number of carbonyl (C=O) groups is 4. The first-order valence-electron chi connectivity index (χ1n) is 9.43. The number of nitrogens with one attached hydrogen (secondary N) is 2. The van der Waals surface area contributed by atoms with Gasteiger partial charge in [0.1, 0.15) is 12.1 Å². The van der Waals surface area contributed by atoms with Crippen LogP contribution in [0, 0.1) is 13.8 Å². The van der Waals surface area contributed by atoms with Crippen molar-refractivity contribution in [1.82, 2.24) is 10.2 Å². The summed E-state index contributed by atoms with van der Waals surface area (Å²) in [4.78, 5) is 50.1.